The molecule has 3 nitrogen and oxygen atoms in total. The van der Waals surface area contributed by atoms with Crippen LogP contribution in [0.15, 0.2) is 22.7 Å². The molecule has 94 valence electrons. The molecule has 0 unspecified atom stereocenters. The molecule has 4 heteroatoms. The first-order valence-corrected chi connectivity index (χ1v) is 6.92. The quantitative estimate of drug-likeness (QED) is 0.907. The van der Waals surface area contributed by atoms with Gasteiger partial charge in [-0.3, -0.25) is 0 Å². The van der Waals surface area contributed by atoms with Crippen LogP contribution in [0.3, 0.4) is 0 Å². The number of hydrogen-bond donors (Lipinski definition) is 1. The summed E-state index contributed by atoms with van der Waals surface area (Å²) in [6.07, 6.45) is 1.22. The van der Waals surface area contributed by atoms with Gasteiger partial charge in [-0.05, 0) is 53.6 Å². The van der Waals surface area contributed by atoms with Crippen molar-refractivity contribution in [2.24, 2.45) is 5.73 Å². The van der Waals surface area contributed by atoms with Crippen LogP contribution in [0.5, 0.6) is 0 Å². The normalized spacial score (nSPS) is 18.2. The second kappa shape index (κ2) is 5.85. The monoisotopic (exact) mass is 297 g/mol. The Balaban J connectivity index is 2.15. The van der Waals surface area contributed by atoms with Crippen LogP contribution >= 0.6 is 15.9 Å². The van der Waals surface area contributed by atoms with Crippen molar-refractivity contribution >= 4 is 21.6 Å². The van der Waals surface area contributed by atoms with Crippen LogP contribution in [0.25, 0.3) is 0 Å². The highest BCUT2D eigenvalue weighted by atomic mass is 79.9. The van der Waals surface area contributed by atoms with Gasteiger partial charge in [0.05, 0.1) is 5.69 Å². The molecule has 1 aliphatic heterocycles. The number of nitrogens with zero attached hydrogens (tertiary/aromatic N) is 2. The molecule has 0 spiro atoms. The van der Waals surface area contributed by atoms with Gasteiger partial charge in [-0.2, -0.15) is 0 Å². The number of likely N-dealkylation sites (N-methyl/N-ethyl adjacent to an activating group) is 1. The fraction of sp³-hybridized carbons (Fsp3) is 0.538. The average Bonchev–Trinajstić information content (AvgIpc) is 2.54. The topological polar surface area (TPSA) is 32.5 Å². The molecule has 0 amide bonds. The molecule has 0 atom stereocenters. The molecule has 1 fully saturated rings. The summed E-state index contributed by atoms with van der Waals surface area (Å²) in [6.45, 7) is 5.14. The molecule has 0 saturated carbocycles. The van der Waals surface area contributed by atoms with Gasteiger partial charge in [-0.25, -0.2) is 0 Å². The average molecular weight is 298 g/mol. The lowest BCUT2D eigenvalue weighted by molar-refractivity contribution is 0.360. The molecule has 1 saturated heterocycles. The van der Waals surface area contributed by atoms with Gasteiger partial charge in [-0.15, -0.1) is 0 Å². The number of anilines is 1. The Morgan fingerprint density at radius 1 is 1.24 bits per heavy atom. The van der Waals surface area contributed by atoms with Crippen molar-refractivity contribution in [1.29, 1.82) is 0 Å². The van der Waals surface area contributed by atoms with E-state index in [1.807, 2.05) is 0 Å². The van der Waals surface area contributed by atoms with E-state index in [1.54, 1.807) is 0 Å². The molecule has 0 bridgehead atoms. The van der Waals surface area contributed by atoms with E-state index in [1.165, 1.54) is 24.2 Å². The Labute approximate surface area is 112 Å². The van der Waals surface area contributed by atoms with Crippen LogP contribution in [-0.2, 0) is 6.54 Å². The highest BCUT2D eigenvalue weighted by Crippen LogP contribution is 2.28. The standard InChI is InChI=1S/C13H20BrN3/c1-16-5-2-6-17(8-7-16)13-4-3-11(10-15)9-12(13)14/h3-4,9H,2,5-8,10,15H2,1H3. The summed E-state index contributed by atoms with van der Waals surface area (Å²) in [5, 5.41) is 0. The lowest BCUT2D eigenvalue weighted by Gasteiger charge is -2.24. The molecule has 17 heavy (non-hydrogen) atoms. The maximum absolute atomic E-state index is 5.65. The lowest BCUT2D eigenvalue weighted by atomic mass is 10.2. The van der Waals surface area contributed by atoms with Crippen molar-refractivity contribution in [1.82, 2.24) is 4.90 Å². The van der Waals surface area contributed by atoms with Crippen molar-refractivity contribution < 1.29 is 0 Å². The van der Waals surface area contributed by atoms with Crippen LogP contribution in [0.4, 0.5) is 5.69 Å². The number of nitrogens with two attached hydrogens (primary N) is 1. The minimum absolute atomic E-state index is 0.599. The summed E-state index contributed by atoms with van der Waals surface area (Å²) < 4.78 is 1.16. The molecule has 0 radical (unpaired) electrons. The van der Waals surface area contributed by atoms with Crippen molar-refractivity contribution in [3.8, 4) is 0 Å². The van der Waals surface area contributed by atoms with E-state index in [9.17, 15) is 0 Å². The van der Waals surface area contributed by atoms with Gasteiger partial charge in [0.1, 0.15) is 0 Å². The van der Waals surface area contributed by atoms with Crippen molar-refractivity contribution in [2.45, 2.75) is 13.0 Å². The van der Waals surface area contributed by atoms with E-state index in [2.05, 4.69) is 51.0 Å². The first-order chi connectivity index (χ1) is 8.20. The zero-order valence-corrected chi connectivity index (χ0v) is 11.9. The van der Waals surface area contributed by atoms with E-state index >= 15 is 0 Å². The molecule has 0 aromatic heterocycles. The lowest BCUT2D eigenvalue weighted by Crippen LogP contribution is -2.28. The van der Waals surface area contributed by atoms with E-state index < -0.39 is 0 Å². The Hall–Kier alpha value is -0.580. The van der Waals surface area contributed by atoms with Crippen LogP contribution in [0.2, 0.25) is 0 Å². The van der Waals surface area contributed by atoms with E-state index in [-0.39, 0.29) is 0 Å². The second-order valence-electron chi connectivity index (χ2n) is 4.63. The Kier molecular flexibility index (Phi) is 4.42. The fourth-order valence-electron chi connectivity index (χ4n) is 2.22. The third-order valence-corrected chi connectivity index (χ3v) is 3.94. The third kappa shape index (κ3) is 3.21. The Bertz CT molecular complexity index is 381. The zero-order chi connectivity index (χ0) is 12.3. The van der Waals surface area contributed by atoms with Gasteiger partial charge < -0.3 is 15.5 Å². The molecular weight excluding hydrogens is 278 g/mol. The van der Waals surface area contributed by atoms with Crippen molar-refractivity contribution in [3.63, 3.8) is 0 Å². The highest BCUT2D eigenvalue weighted by molar-refractivity contribution is 9.10. The largest absolute Gasteiger partial charge is 0.369 e. The molecular formula is C13H20BrN3. The number of rotatable bonds is 2. The van der Waals surface area contributed by atoms with Crippen LogP contribution in [0.1, 0.15) is 12.0 Å². The second-order valence-corrected chi connectivity index (χ2v) is 5.49. The summed E-state index contributed by atoms with van der Waals surface area (Å²) >= 11 is 3.65. The number of benzene rings is 1. The number of hydrogen-bond acceptors (Lipinski definition) is 3. The summed E-state index contributed by atoms with van der Waals surface area (Å²) in [5.74, 6) is 0. The fourth-order valence-corrected chi connectivity index (χ4v) is 2.90. The van der Waals surface area contributed by atoms with E-state index in [0.717, 1.165) is 24.1 Å². The Morgan fingerprint density at radius 3 is 2.76 bits per heavy atom. The van der Waals surface area contributed by atoms with Crippen molar-refractivity contribution in [3.05, 3.63) is 28.2 Å². The maximum atomic E-state index is 5.65. The molecule has 0 aliphatic carbocycles. The van der Waals surface area contributed by atoms with Gasteiger partial charge in [-0.1, -0.05) is 6.07 Å². The minimum Gasteiger partial charge on any atom is -0.369 e. The van der Waals surface area contributed by atoms with Gasteiger partial charge in [0.25, 0.3) is 0 Å². The molecule has 2 rings (SSSR count). The van der Waals surface area contributed by atoms with E-state index in [0.29, 0.717) is 6.54 Å². The van der Waals surface area contributed by atoms with Gasteiger partial charge in [0.2, 0.25) is 0 Å². The number of halogens is 1. The van der Waals surface area contributed by atoms with Gasteiger partial charge in [0, 0.05) is 30.7 Å². The first-order valence-electron chi connectivity index (χ1n) is 6.12. The maximum Gasteiger partial charge on any atom is 0.0511 e. The van der Waals surface area contributed by atoms with Crippen molar-refractivity contribution in [2.75, 3.05) is 38.1 Å². The Morgan fingerprint density at radius 2 is 2.06 bits per heavy atom. The SMILES string of the molecule is CN1CCCN(c2ccc(CN)cc2Br)CC1. The molecule has 1 aromatic rings. The van der Waals surface area contributed by atoms with Gasteiger partial charge in [0.15, 0.2) is 0 Å². The van der Waals surface area contributed by atoms with E-state index in [4.69, 9.17) is 5.73 Å². The van der Waals surface area contributed by atoms with Crippen LogP contribution < -0.4 is 10.6 Å². The predicted octanol–water partition coefficient (Wildman–Crippen LogP) is 2.05. The van der Waals surface area contributed by atoms with Crippen LogP contribution in [0, 0.1) is 0 Å². The van der Waals surface area contributed by atoms with Crippen LogP contribution in [-0.4, -0.2) is 38.1 Å². The smallest absolute Gasteiger partial charge is 0.0511 e. The zero-order valence-electron chi connectivity index (χ0n) is 10.3. The summed E-state index contributed by atoms with van der Waals surface area (Å²) in [4.78, 5) is 4.84. The summed E-state index contributed by atoms with van der Waals surface area (Å²) in [5.41, 5.74) is 8.11. The summed E-state index contributed by atoms with van der Waals surface area (Å²) in [6, 6.07) is 6.43. The summed E-state index contributed by atoms with van der Waals surface area (Å²) in [7, 11) is 2.19. The molecule has 1 aromatic carbocycles. The molecule has 1 aliphatic rings. The van der Waals surface area contributed by atoms with Gasteiger partial charge >= 0.3 is 0 Å². The third-order valence-electron chi connectivity index (χ3n) is 3.31. The highest BCUT2D eigenvalue weighted by Gasteiger charge is 2.14. The molecule has 2 N–H and O–H groups in total. The predicted molar refractivity (Wildman–Crippen MR) is 76.4 cm³/mol. The first kappa shape index (κ1) is 12.9. The minimum atomic E-state index is 0.599. The molecule has 1 heterocycles.